The Morgan fingerprint density at radius 2 is 2.25 bits per heavy atom. The molecule has 0 spiro atoms. The van der Waals surface area contributed by atoms with Crippen LogP contribution in [0.2, 0.25) is 0 Å². The number of aryl methyl sites for hydroxylation is 1. The van der Waals surface area contributed by atoms with Crippen LogP contribution >= 0.6 is 11.3 Å². The lowest BCUT2D eigenvalue weighted by Gasteiger charge is -1.94. The molecule has 0 N–H and O–H groups in total. The van der Waals surface area contributed by atoms with Gasteiger partial charge in [-0.2, -0.15) is 4.98 Å². The Bertz CT molecular complexity index is 412. The molecule has 0 saturated carbocycles. The summed E-state index contributed by atoms with van der Waals surface area (Å²) in [5.74, 6) is 0.533. The van der Waals surface area contributed by atoms with E-state index in [1.54, 1.807) is 13.3 Å². The lowest BCUT2D eigenvalue weighted by molar-refractivity contribution is 0.398. The summed E-state index contributed by atoms with van der Waals surface area (Å²) in [5.41, 5.74) is 0.693. The first-order valence-corrected chi connectivity index (χ1v) is 4.25. The molecular weight excluding hydrogens is 174 g/mol. The van der Waals surface area contributed by atoms with Gasteiger partial charge in [-0.1, -0.05) is 11.3 Å². The summed E-state index contributed by atoms with van der Waals surface area (Å²) in [4.78, 5) is 13.3. The number of thiazole rings is 1. The lowest BCUT2D eigenvalue weighted by Crippen LogP contribution is -1.88. The van der Waals surface area contributed by atoms with Gasteiger partial charge in [0.1, 0.15) is 0 Å². The Hall–Kier alpha value is -1.23. The van der Waals surface area contributed by atoms with Gasteiger partial charge < -0.3 is 4.74 Å². The van der Waals surface area contributed by atoms with Gasteiger partial charge in [0.15, 0.2) is 10.5 Å². The van der Waals surface area contributed by atoms with Crippen molar-refractivity contribution in [3.8, 4) is 5.88 Å². The molecule has 2 rings (SSSR count). The van der Waals surface area contributed by atoms with E-state index in [9.17, 15) is 0 Å². The van der Waals surface area contributed by atoms with E-state index in [1.807, 2.05) is 6.92 Å². The molecule has 0 aliphatic heterocycles. The normalized spacial score (nSPS) is 10.5. The number of methoxy groups -OCH3 is 1. The van der Waals surface area contributed by atoms with Gasteiger partial charge in [-0.15, -0.1) is 0 Å². The largest absolute Gasteiger partial charge is 0.480 e. The highest BCUT2D eigenvalue weighted by molar-refractivity contribution is 7.18. The van der Waals surface area contributed by atoms with Gasteiger partial charge in [0, 0.05) is 0 Å². The molecule has 0 saturated heterocycles. The van der Waals surface area contributed by atoms with Gasteiger partial charge in [-0.25, -0.2) is 9.97 Å². The highest BCUT2D eigenvalue weighted by atomic mass is 32.1. The molecule has 0 amide bonds. The highest BCUT2D eigenvalue weighted by Gasteiger charge is 2.03. The van der Waals surface area contributed by atoms with Gasteiger partial charge in [0.05, 0.1) is 18.3 Å². The molecule has 0 atom stereocenters. The summed E-state index contributed by atoms with van der Waals surface area (Å²) >= 11 is 1.52. The van der Waals surface area contributed by atoms with E-state index in [0.717, 1.165) is 9.84 Å². The van der Waals surface area contributed by atoms with E-state index in [2.05, 4.69) is 15.0 Å². The molecule has 62 valence electrons. The Kier molecular flexibility index (Phi) is 1.65. The molecule has 2 aromatic rings. The zero-order chi connectivity index (χ0) is 8.55. The number of nitrogens with zero attached hydrogens (tertiary/aromatic N) is 3. The van der Waals surface area contributed by atoms with Crippen molar-refractivity contribution in [2.45, 2.75) is 6.92 Å². The van der Waals surface area contributed by atoms with Crippen molar-refractivity contribution in [2.24, 2.45) is 0 Å². The molecule has 2 heterocycles. The van der Waals surface area contributed by atoms with Crippen LogP contribution in [0.1, 0.15) is 5.01 Å². The molecule has 0 aromatic carbocycles. The van der Waals surface area contributed by atoms with E-state index in [-0.39, 0.29) is 0 Å². The zero-order valence-corrected chi connectivity index (χ0v) is 7.55. The molecule has 0 radical (unpaired) electrons. The predicted molar refractivity (Wildman–Crippen MR) is 46.5 cm³/mol. The standard InChI is InChI=1S/C7H7N3OS/c1-4-9-6-7(12-4)10-5(11-2)3-8-6/h3H,1-2H3. The summed E-state index contributed by atoms with van der Waals surface area (Å²) in [6, 6.07) is 0. The fourth-order valence-corrected chi connectivity index (χ4v) is 1.64. The molecule has 0 bridgehead atoms. The molecule has 0 aliphatic carbocycles. The van der Waals surface area contributed by atoms with Crippen molar-refractivity contribution in [3.05, 3.63) is 11.2 Å². The van der Waals surface area contributed by atoms with Gasteiger partial charge in [-0.3, -0.25) is 0 Å². The first-order valence-electron chi connectivity index (χ1n) is 3.44. The molecular formula is C7H7N3OS. The van der Waals surface area contributed by atoms with Crippen LogP contribution in [0, 0.1) is 6.92 Å². The minimum Gasteiger partial charge on any atom is -0.480 e. The SMILES string of the molecule is COc1cnc2nc(C)sc2n1. The van der Waals surface area contributed by atoms with Crippen LogP contribution in [-0.2, 0) is 0 Å². The van der Waals surface area contributed by atoms with E-state index in [1.165, 1.54) is 11.3 Å². The van der Waals surface area contributed by atoms with Gasteiger partial charge >= 0.3 is 0 Å². The summed E-state index contributed by atoms with van der Waals surface area (Å²) in [5, 5.41) is 0.971. The number of fused-ring (bicyclic) bond motifs is 1. The monoisotopic (exact) mass is 181 g/mol. The van der Waals surface area contributed by atoms with Crippen LogP contribution in [0.3, 0.4) is 0 Å². The second-order valence-corrected chi connectivity index (χ2v) is 3.46. The van der Waals surface area contributed by atoms with Crippen molar-refractivity contribution < 1.29 is 4.74 Å². The van der Waals surface area contributed by atoms with Crippen molar-refractivity contribution >= 4 is 21.8 Å². The average molecular weight is 181 g/mol. The van der Waals surface area contributed by atoms with Crippen LogP contribution in [0.25, 0.3) is 10.5 Å². The third-order valence-corrected chi connectivity index (χ3v) is 2.27. The topological polar surface area (TPSA) is 47.9 Å². The quantitative estimate of drug-likeness (QED) is 0.667. The van der Waals surface area contributed by atoms with E-state index < -0.39 is 0 Å². The van der Waals surface area contributed by atoms with Crippen LogP contribution in [0.15, 0.2) is 6.20 Å². The number of rotatable bonds is 1. The maximum absolute atomic E-state index is 4.94. The van der Waals surface area contributed by atoms with E-state index in [0.29, 0.717) is 11.5 Å². The minimum absolute atomic E-state index is 0.533. The number of ether oxygens (including phenoxy) is 1. The van der Waals surface area contributed by atoms with E-state index in [4.69, 9.17) is 4.74 Å². The third-order valence-electron chi connectivity index (χ3n) is 1.42. The minimum atomic E-state index is 0.533. The summed E-state index contributed by atoms with van der Waals surface area (Å²) in [6.07, 6.45) is 1.57. The van der Waals surface area contributed by atoms with Gasteiger partial charge in [0.2, 0.25) is 5.88 Å². The maximum atomic E-state index is 4.94. The second-order valence-electron chi connectivity index (χ2n) is 2.27. The lowest BCUT2D eigenvalue weighted by atomic mass is 10.7. The van der Waals surface area contributed by atoms with Gasteiger partial charge in [-0.05, 0) is 6.92 Å². The smallest absolute Gasteiger partial charge is 0.233 e. The van der Waals surface area contributed by atoms with Crippen molar-refractivity contribution in [3.63, 3.8) is 0 Å². The highest BCUT2D eigenvalue weighted by Crippen LogP contribution is 2.19. The molecule has 5 heteroatoms. The zero-order valence-electron chi connectivity index (χ0n) is 6.74. The maximum Gasteiger partial charge on any atom is 0.233 e. The fourth-order valence-electron chi connectivity index (χ4n) is 0.906. The molecule has 0 fully saturated rings. The first kappa shape index (κ1) is 7.42. The summed E-state index contributed by atoms with van der Waals surface area (Å²) < 4.78 is 4.94. The van der Waals surface area contributed by atoms with Crippen molar-refractivity contribution in [1.82, 2.24) is 15.0 Å². The number of aromatic nitrogens is 3. The van der Waals surface area contributed by atoms with Crippen molar-refractivity contribution in [2.75, 3.05) is 7.11 Å². The van der Waals surface area contributed by atoms with Crippen LogP contribution in [-0.4, -0.2) is 22.1 Å². The molecule has 2 aromatic heterocycles. The Morgan fingerprint density at radius 1 is 1.42 bits per heavy atom. The summed E-state index contributed by atoms with van der Waals surface area (Å²) in [6.45, 7) is 1.93. The average Bonchev–Trinajstić information content (AvgIpc) is 2.43. The van der Waals surface area contributed by atoms with E-state index >= 15 is 0 Å². The van der Waals surface area contributed by atoms with Crippen molar-refractivity contribution in [1.29, 1.82) is 0 Å². The molecule has 0 unspecified atom stereocenters. The van der Waals surface area contributed by atoms with Gasteiger partial charge in [0.25, 0.3) is 0 Å². The predicted octanol–water partition coefficient (Wildman–Crippen LogP) is 1.40. The summed E-state index contributed by atoms with van der Waals surface area (Å²) in [7, 11) is 1.57. The first-order chi connectivity index (χ1) is 5.79. The van der Waals surface area contributed by atoms with Crippen LogP contribution in [0.5, 0.6) is 5.88 Å². The third kappa shape index (κ3) is 1.12. The number of hydrogen-bond donors (Lipinski definition) is 0. The molecule has 12 heavy (non-hydrogen) atoms. The fraction of sp³-hybridized carbons (Fsp3) is 0.286. The number of hydrogen-bond acceptors (Lipinski definition) is 5. The van der Waals surface area contributed by atoms with Crippen LogP contribution < -0.4 is 4.74 Å². The van der Waals surface area contributed by atoms with Crippen LogP contribution in [0.4, 0.5) is 0 Å². The second kappa shape index (κ2) is 2.67. The molecule has 0 aliphatic rings. The molecule has 4 nitrogen and oxygen atoms in total. The Balaban J connectivity index is 2.66. The Morgan fingerprint density at radius 3 is 3.00 bits per heavy atom. The Labute approximate surface area is 73.3 Å².